The third-order valence-electron chi connectivity index (χ3n) is 3.18. The van der Waals surface area contributed by atoms with Crippen molar-refractivity contribution in [3.63, 3.8) is 0 Å². The van der Waals surface area contributed by atoms with Crippen molar-refractivity contribution < 1.29 is 9.53 Å². The summed E-state index contributed by atoms with van der Waals surface area (Å²) < 4.78 is 7.25. The highest BCUT2D eigenvalue weighted by molar-refractivity contribution is 6.05. The molecule has 2 heterocycles. The monoisotopic (exact) mass is 285 g/mol. The van der Waals surface area contributed by atoms with Gasteiger partial charge < -0.3 is 9.30 Å². The molecule has 2 rings (SSSR count). The summed E-state index contributed by atoms with van der Waals surface area (Å²) in [6.45, 7) is 9.08. The van der Waals surface area contributed by atoms with Crippen LogP contribution in [0.1, 0.15) is 49.8 Å². The van der Waals surface area contributed by atoms with Crippen LogP contribution in [0, 0.1) is 18.3 Å². The molecule has 0 aliphatic carbocycles. The number of hydrogen-bond acceptors (Lipinski definition) is 4. The van der Waals surface area contributed by atoms with Crippen LogP contribution in [0.2, 0.25) is 0 Å². The van der Waals surface area contributed by atoms with Gasteiger partial charge in [0.1, 0.15) is 17.3 Å². The molecule has 1 unspecified atom stereocenters. The van der Waals surface area contributed by atoms with Crippen molar-refractivity contribution in [1.82, 2.24) is 9.55 Å². The summed E-state index contributed by atoms with van der Waals surface area (Å²) in [6.07, 6.45) is 1.65. The lowest BCUT2D eigenvalue weighted by Crippen LogP contribution is -2.24. The van der Waals surface area contributed by atoms with E-state index in [0.717, 1.165) is 0 Å². The minimum absolute atomic E-state index is 0.387. The van der Waals surface area contributed by atoms with E-state index in [1.165, 1.54) is 0 Å². The predicted molar refractivity (Wildman–Crippen MR) is 80.0 cm³/mol. The van der Waals surface area contributed by atoms with E-state index < -0.39 is 11.6 Å². The van der Waals surface area contributed by atoms with Gasteiger partial charge in [-0.15, -0.1) is 0 Å². The molecule has 2 aromatic rings. The van der Waals surface area contributed by atoms with Gasteiger partial charge in [0.2, 0.25) is 0 Å². The van der Waals surface area contributed by atoms with Crippen LogP contribution in [0.4, 0.5) is 0 Å². The Balaban J connectivity index is 2.68. The average molecular weight is 285 g/mol. The number of fused-ring (bicyclic) bond motifs is 1. The Hall–Kier alpha value is -2.35. The molecule has 0 spiro atoms. The molecule has 0 N–H and O–H groups in total. The number of nitrogens with zero attached hydrogens (tertiary/aromatic N) is 3. The molecule has 0 radical (unpaired) electrons. The molecule has 21 heavy (non-hydrogen) atoms. The quantitative estimate of drug-likeness (QED) is 0.793. The highest BCUT2D eigenvalue weighted by Crippen LogP contribution is 2.29. The zero-order valence-corrected chi connectivity index (χ0v) is 13.0. The van der Waals surface area contributed by atoms with E-state index in [0.29, 0.717) is 22.3 Å². The minimum Gasteiger partial charge on any atom is -0.456 e. The topological polar surface area (TPSA) is 67.9 Å². The first-order valence-corrected chi connectivity index (χ1v) is 6.84. The number of aromatic nitrogens is 2. The fourth-order valence-electron chi connectivity index (χ4n) is 2.38. The molecular weight excluding hydrogens is 266 g/mol. The third kappa shape index (κ3) is 2.75. The summed E-state index contributed by atoms with van der Waals surface area (Å²) in [6, 6.07) is 5.38. The molecule has 2 aromatic heterocycles. The summed E-state index contributed by atoms with van der Waals surface area (Å²) in [5.41, 5.74) is 1.24. The van der Waals surface area contributed by atoms with Crippen molar-refractivity contribution in [1.29, 1.82) is 5.26 Å². The number of ether oxygens (including phenoxy) is 1. The van der Waals surface area contributed by atoms with Gasteiger partial charge in [-0.3, -0.25) is 0 Å². The Labute approximate surface area is 124 Å². The normalized spacial score (nSPS) is 13.0. The average Bonchev–Trinajstić information content (AvgIpc) is 2.68. The summed E-state index contributed by atoms with van der Waals surface area (Å²) in [7, 11) is 0. The lowest BCUT2D eigenvalue weighted by atomic mass is 10.1. The van der Waals surface area contributed by atoms with Crippen molar-refractivity contribution in [3.8, 4) is 6.07 Å². The van der Waals surface area contributed by atoms with Crippen LogP contribution in [0.5, 0.6) is 0 Å². The largest absolute Gasteiger partial charge is 0.456 e. The molecule has 0 aromatic carbocycles. The molecule has 0 fully saturated rings. The summed E-state index contributed by atoms with van der Waals surface area (Å²) in [4.78, 5) is 16.8. The zero-order valence-electron chi connectivity index (χ0n) is 13.0. The second-order valence-corrected chi connectivity index (χ2v) is 6.01. The van der Waals surface area contributed by atoms with E-state index in [4.69, 9.17) is 4.74 Å². The van der Waals surface area contributed by atoms with Gasteiger partial charge in [0.15, 0.2) is 0 Å². The number of carbonyl (C=O) groups excluding carboxylic acids is 1. The molecule has 0 bridgehead atoms. The van der Waals surface area contributed by atoms with E-state index in [-0.39, 0.29) is 5.97 Å². The maximum Gasteiger partial charge on any atom is 0.341 e. The number of pyridine rings is 1. The van der Waals surface area contributed by atoms with Gasteiger partial charge >= 0.3 is 5.97 Å². The molecule has 0 aliphatic rings. The Morgan fingerprint density at radius 3 is 2.71 bits per heavy atom. The Bertz CT molecular complexity index is 732. The number of carbonyl (C=O) groups is 1. The van der Waals surface area contributed by atoms with Crippen LogP contribution in [0.15, 0.2) is 18.3 Å². The van der Waals surface area contributed by atoms with Crippen molar-refractivity contribution >= 4 is 17.0 Å². The van der Waals surface area contributed by atoms with Crippen LogP contribution in [0.25, 0.3) is 11.0 Å². The third-order valence-corrected chi connectivity index (χ3v) is 3.18. The van der Waals surface area contributed by atoms with Gasteiger partial charge in [0, 0.05) is 17.3 Å². The lowest BCUT2D eigenvalue weighted by Gasteiger charge is -2.19. The molecule has 0 aliphatic heterocycles. The van der Waals surface area contributed by atoms with Crippen LogP contribution >= 0.6 is 0 Å². The molecular formula is C16H19N3O2. The Morgan fingerprint density at radius 1 is 1.48 bits per heavy atom. The Kier molecular flexibility index (Phi) is 3.73. The number of esters is 1. The lowest BCUT2D eigenvalue weighted by molar-refractivity contribution is 0.00708. The first-order chi connectivity index (χ1) is 9.76. The zero-order chi connectivity index (χ0) is 15.8. The van der Waals surface area contributed by atoms with Crippen molar-refractivity contribution in [3.05, 3.63) is 29.6 Å². The first-order valence-electron chi connectivity index (χ1n) is 6.84. The van der Waals surface area contributed by atoms with Crippen LogP contribution in [-0.4, -0.2) is 21.1 Å². The predicted octanol–water partition coefficient (Wildman–Crippen LogP) is 3.38. The number of hydrogen-bond donors (Lipinski definition) is 0. The summed E-state index contributed by atoms with van der Waals surface area (Å²) in [5, 5.41) is 9.91. The summed E-state index contributed by atoms with van der Waals surface area (Å²) >= 11 is 0. The van der Waals surface area contributed by atoms with Gasteiger partial charge in [0.05, 0.1) is 11.6 Å². The second-order valence-electron chi connectivity index (χ2n) is 6.01. The highest BCUT2D eigenvalue weighted by Gasteiger charge is 2.26. The van der Waals surface area contributed by atoms with E-state index in [9.17, 15) is 10.1 Å². The molecule has 1 atom stereocenters. The minimum atomic E-state index is -0.568. The van der Waals surface area contributed by atoms with E-state index in [1.54, 1.807) is 23.8 Å². The number of nitriles is 1. The van der Waals surface area contributed by atoms with Crippen LogP contribution in [-0.2, 0) is 4.74 Å². The maximum absolute atomic E-state index is 12.5. The van der Waals surface area contributed by atoms with Gasteiger partial charge in [0.25, 0.3) is 0 Å². The first kappa shape index (κ1) is 15.0. The van der Waals surface area contributed by atoms with Crippen LogP contribution in [0.3, 0.4) is 0 Å². The molecule has 5 heteroatoms. The highest BCUT2D eigenvalue weighted by atomic mass is 16.6. The molecule has 0 amide bonds. The SMILES string of the molecule is Cc1c(C(=O)OC(C)(C)C)c2cccnc2n1C(C)C#N. The van der Waals surface area contributed by atoms with Crippen molar-refractivity contribution in [2.75, 3.05) is 0 Å². The van der Waals surface area contributed by atoms with Gasteiger partial charge in [-0.25, -0.2) is 9.78 Å². The van der Waals surface area contributed by atoms with Crippen molar-refractivity contribution in [2.45, 2.75) is 46.3 Å². The van der Waals surface area contributed by atoms with E-state index in [1.807, 2.05) is 33.8 Å². The van der Waals surface area contributed by atoms with E-state index >= 15 is 0 Å². The molecule has 110 valence electrons. The van der Waals surface area contributed by atoms with Crippen LogP contribution < -0.4 is 0 Å². The summed E-state index contributed by atoms with van der Waals surface area (Å²) in [5.74, 6) is -0.387. The molecule has 5 nitrogen and oxygen atoms in total. The van der Waals surface area contributed by atoms with Crippen molar-refractivity contribution in [2.24, 2.45) is 0 Å². The van der Waals surface area contributed by atoms with Gasteiger partial charge in [-0.1, -0.05) is 0 Å². The fourth-order valence-corrected chi connectivity index (χ4v) is 2.38. The van der Waals surface area contributed by atoms with E-state index in [2.05, 4.69) is 11.1 Å². The smallest absolute Gasteiger partial charge is 0.341 e. The second kappa shape index (κ2) is 5.21. The standard InChI is InChI=1S/C16H19N3O2/c1-10(9-17)19-11(2)13(15(20)21-16(3,4)5)12-7-6-8-18-14(12)19/h6-8,10H,1-5H3. The number of rotatable bonds is 2. The maximum atomic E-state index is 12.5. The fraction of sp³-hybridized carbons (Fsp3) is 0.438. The molecule has 0 saturated heterocycles. The van der Waals surface area contributed by atoms with Gasteiger partial charge in [-0.2, -0.15) is 5.26 Å². The molecule has 0 saturated carbocycles. The Morgan fingerprint density at radius 2 is 2.14 bits per heavy atom. The van der Waals surface area contributed by atoms with Gasteiger partial charge in [-0.05, 0) is 46.8 Å².